The lowest BCUT2D eigenvalue weighted by atomic mass is 10.2. The molecule has 0 fully saturated rings. The first-order chi connectivity index (χ1) is 13.3. The molecule has 2 heterocycles. The maximum absolute atomic E-state index is 11.5. The Hall–Kier alpha value is -3.00. The molecule has 0 N–H and O–H groups in total. The number of fused-ring (bicyclic) bond motifs is 1. The largest absolute Gasteiger partial charge is 0.485 e. The summed E-state index contributed by atoms with van der Waals surface area (Å²) in [5.41, 5.74) is 0.882. The van der Waals surface area contributed by atoms with E-state index in [1.807, 2.05) is 59.2 Å². The number of carbonyl (C=O) groups is 1. The number of thioether (sulfide) groups is 1. The number of methoxy groups -OCH3 is 1. The third-order valence-corrected chi connectivity index (χ3v) is 4.92. The maximum atomic E-state index is 11.5. The standard InChI is InChI=1S/C19H17N3O4S/c1-24-17(23)12-27-19-21-20-18(22(19)13-7-3-2-4-8-13)16-11-25-14-9-5-6-10-15(14)26-16/h2-10,16H,11-12H2,1H3/t16-/m1/s1. The molecule has 1 aromatic heterocycles. The van der Waals surface area contributed by atoms with Gasteiger partial charge in [-0.3, -0.25) is 9.36 Å². The second-order valence-electron chi connectivity index (χ2n) is 5.74. The van der Waals surface area contributed by atoms with Crippen LogP contribution in [0.25, 0.3) is 5.69 Å². The number of ether oxygens (including phenoxy) is 3. The molecular weight excluding hydrogens is 366 g/mol. The Morgan fingerprint density at radius 2 is 1.89 bits per heavy atom. The number of benzene rings is 2. The zero-order valence-electron chi connectivity index (χ0n) is 14.6. The molecule has 138 valence electrons. The lowest BCUT2D eigenvalue weighted by Crippen LogP contribution is -2.24. The molecule has 1 aliphatic heterocycles. The third-order valence-electron chi connectivity index (χ3n) is 4.02. The second-order valence-corrected chi connectivity index (χ2v) is 6.68. The first-order valence-corrected chi connectivity index (χ1v) is 9.33. The lowest BCUT2D eigenvalue weighted by molar-refractivity contribution is -0.137. The fraction of sp³-hybridized carbons (Fsp3) is 0.211. The van der Waals surface area contributed by atoms with E-state index in [9.17, 15) is 4.79 Å². The normalized spacial score (nSPS) is 15.4. The predicted molar refractivity (Wildman–Crippen MR) is 99.4 cm³/mol. The predicted octanol–water partition coefficient (Wildman–Crippen LogP) is 3.04. The van der Waals surface area contributed by atoms with Gasteiger partial charge in [0, 0.05) is 5.69 Å². The van der Waals surface area contributed by atoms with Crippen LogP contribution in [0.3, 0.4) is 0 Å². The van der Waals surface area contributed by atoms with Crippen LogP contribution in [0.15, 0.2) is 59.8 Å². The summed E-state index contributed by atoms with van der Waals surface area (Å²) < 4.78 is 18.5. The fourth-order valence-corrected chi connectivity index (χ4v) is 3.52. The molecule has 0 saturated heterocycles. The van der Waals surface area contributed by atoms with Crippen LogP contribution in [-0.4, -0.2) is 40.2 Å². The van der Waals surface area contributed by atoms with Crippen LogP contribution in [0.4, 0.5) is 0 Å². The summed E-state index contributed by atoms with van der Waals surface area (Å²) >= 11 is 1.26. The van der Waals surface area contributed by atoms with E-state index < -0.39 is 6.10 Å². The Labute approximate surface area is 160 Å². The molecule has 0 unspecified atom stereocenters. The summed E-state index contributed by atoms with van der Waals surface area (Å²) in [6, 6.07) is 17.2. The highest BCUT2D eigenvalue weighted by Gasteiger charge is 2.29. The first kappa shape index (κ1) is 17.4. The van der Waals surface area contributed by atoms with Gasteiger partial charge in [-0.2, -0.15) is 0 Å². The Balaban J connectivity index is 1.68. The van der Waals surface area contributed by atoms with Gasteiger partial charge in [0.15, 0.2) is 28.6 Å². The van der Waals surface area contributed by atoms with Crippen LogP contribution >= 0.6 is 11.8 Å². The minimum Gasteiger partial charge on any atom is -0.485 e. The summed E-state index contributed by atoms with van der Waals surface area (Å²) in [4.78, 5) is 11.5. The summed E-state index contributed by atoms with van der Waals surface area (Å²) in [6.45, 7) is 0.323. The number of esters is 1. The number of rotatable bonds is 5. The summed E-state index contributed by atoms with van der Waals surface area (Å²) in [6.07, 6.45) is -0.417. The average Bonchev–Trinajstić information content (AvgIpc) is 3.16. The minimum atomic E-state index is -0.417. The van der Waals surface area contributed by atoms with Crippen molar-refractivity contribution in [2.75, 3.05) is 19.5 Å². The molecule has 0 bridgehead atoms. The quantitative estimate of drug-likeness (QED) is 0.495. The van der Waals surface area contributed by atoms with Crippen molar-refractivity contribution in [3.63, 3.8) is 0 Å². The van der Waals surface area contributed by atoms with E-state index in [0.29, 0.717) is 29.1 Å². The van der Waals surface area contributed by atoms with E-state index in [4.69, 9.17) is 14.2 Å². The van der Waals surface area contributed by atoms with Gasteiger partial charge in [-0.1, -0.05) is 42.1 Å². The van der Waals surface area contributed by atoms with Crippen LogP contribution in [-0.2, 0) is 9.53 Å². The molecule has 7 nitrogen and oxygen atoms in total. The maximum Gasteiger partial charge on any atom is 0.316 e. The summed E-state index contributed by atoms with van der Waals surface area (Å²) in [5.74, 6) is 1.81. The van der Waals surface area contributed by atoms with Crippen LogP contribution in [0.5, 0.6) is 11.5 Å². The van der Waals surface area contributed by atoms with Gasteiger partial charge in [0.1, 0.15) is 6.61 Å². The van der Waals surface area contributed by atoms with Crippen molar-refractivity contribution in [1.29, 1.82) is 0 Å². The lowest BCUT2D eigenvalue weighted by Gasteiger charge is -2.26. The van der Waals surface area contributed by atoms with Gasteiger partial charge in [-0.15, -0.1) is 10.2 Å². The first-order valence-electron chi connectivity index (χ1n) is 8.35. The molecule has 0 radical (unpaired) electrons. The van der Waals surface area contributed by atoms with Crippen molar-refractivity contribution in [2.24, 2.45) is 0 Å². The number of aromatic nitrogens is 3. The number of nitrogens with zero attached hydrogens (tertiary/aromatic N) is 3. The van der Waals surface area contributed by atoms with E-state index in [1.165, 1.54) is 18.9 Å². The molecule has 0 spiro atoms. The van der Waals surface area contributed by atoms with Gasteiger partial charge in [-0.05, 0) is 24.3 Å². The van der Waals surface area contributed by atoms with E-state index in [2.05, 4.69) is 10.2 Å². The highest BCUT2D eigenvalue weighted by molar-refractivity contribution is 7.99. The van der Waals surface area contributed by atoms with Crippen molar-refractivity contribution in [1.82, 2.24) is 14.8 Å². The molecule has 4 rings (SSSR count). The Morgan fingerprint density at radius 3 is 2.67 bits per heavy atom. The van der Waals surface area contributed by atoms with Crippen LogP contribution in [0, 0.1) is 0 Å². The van der Waals surface area contributed by atoms with Crippen molar-refractivity contribution < 1.29 is 19.0 Å². The van der Waals surface area contributed by atoms with E-state index in [1.54, 1.807) is 0 Å². The Kier molecular flexibility index (Phi) is 4.97. The van der Waals surface area contributed by atoms with Crippen molar-refractivity contribution in [2.45, 2.75) is 11.3 Å². The Morgan fingerprint density at radius 1 is 1.15 bits per heavy atom. The van der Waals surface area contributed by atoms with E-state index in [0.717, 1.165) is 5.69 Å². The molecule has 8 heteroatoms. The molecule has 27 heavy (non-hydrogen) atoms. The monoisotopic (exact) mass is 383 g/mol. The highest BCUT2D eigenvalue weighted by Crippen LogP contribution is 2.36. The van der Waals surface area contributed by atoms with Crippen LogP contribution in [0.2, 0.25) is 0 Å². The van der Waals surface area contributed by atoms with Gasteiger partial charge in [0.25, 0.3) is 0 Å². The van der Waals surface area contributed by atoms with Crippen molar-refractivity contribution in [3.05, 3.63) is 60.4 Å². The average molecular weight is 383 g/mol. The molecule has 0 aliphatic carbocycles. The van der Waals surface area contributed by atoms with E-state index in [-0.39, 0.29) is 11.7 Å². The molecular formula is C19H17N3O4S. The topological polar surface area (TPSA) is 75.5 Å². The Bertz CT molecular complexity index is 945. The minimum absolute atomic E-state index is 0.145. The molecule has 0 amide bonds. The number of carbonyl (C=O) groups excluding carboxylic acids is 1. The molecule has 1 aliphatic rings. The zero-order chi connectivity index (χ0) is 18.6. The van der Waals surface area contributed by atoms with E-state index >= 15 is 0 Å². The summed E-state index contributed by atoms with van der Waals surface area (Å²) in [7, 11) is 1.36. The molecule has 0 saturated carbocycles. The number of hydrogen-bond donors (Lipinski definition) is 0. The molecule has 3 aromatic rings. The summed E-state index contributed by atoms with van der Waals surface area (Å²) in [5, 5.41) is 9.18. The zero-order valence-corrected chi connectivity index (χ0v) is 15.4. The van der Waals surface area contributed by atoms with Gasteiger partial charge >= 0.3 is 5.97 Å². The smallest absolute Gasteiger partial charge is 0.316 e. The van der Waals surface area contributed by atoms with Gasteiger partial charge in [0.2, 0.25) is 0 Å². The van der Waals surface area contributed by atoms with Crippen molar-refractivity contribution in [3.8, 4) is 17.2 Å². The SMILES string of the molecule is COC(=O)CSc1nnc([C@H]2COc3ccccc3O2)n1-c1ccccc1. The van der Waals surface area contributed by atoms with Crippen LogP contribution < -0.4 is 9.47 Å². The highest BCUT2D eigenvalue weighted by atomic mass is 32.2. The van der Waals surface area contributed by atoms with Gasteiger partial charge in [0.05, 0.1) is 12.9 Å². The van der Waals surface area contributed by atoms with Crippen LogP contribution in [0.1, 0.15) is 11.9 Å². The third kappa shape index (κ3) is 3.61. The number of para-hydroxylation sites is 3. The fourth-order valence-electron chi connectivity index (χ4n) is 2.73. The molecule has 1 atom stereocenters. The van der Waals surface area contributed by atoms with Gasteiger partial charge in [-0.25, -0.2) is 0 Å². The van der Waals surface area contributed by atoms with Gasteiger partial charge < -0.3 is 14.2 Å². The van der Waals surface area contributed by atoms with Crippen molar-refractivity contribution >= 4 is 17.7 Å². The molecule has 2 aromatic carbocycles. The number of hydrogen-bond acceptors (Lipinski definition) is 7. The second kappa shape index (κ2) is 7.71.